The van der Waals surface area contributed by atoms with E-state index in [1.54, 1.807) is 12.1 Å². The minimum atomic E-state index is -0.449. The van der Waals surface area contributed by atoms with E-state index in [1.807, 2.05) is 73.6 Å². The van der Waals surface area contributed by atoms with Crippen molar-refractivity contribution >= 4 is 11.8 Å². The normalized spacial score (nSPS) is 22.7. The Kier molecular flexibility index (Phi) is 7.17. The Balaban J connectivity index is 0.000000325. The van der Waals surface area contributed by atoms with Crippen LogP contribution in [0.3, 0.4) is 0 Å². The molecule has 0 saturated carbocycles. The van der Waals surface area contributed by atoms with Crippen LogP contribution in [0.2, 0.25) is 0 Å². The Morgan fingerprint density at radius 2 is 1.68 bits per heavy atom. The van der Waals surface area contributed by atoms with Crippen LogP contribution < -0.4 is 0 Å². The zero-order valence-electron chi connectivity index (χ0n) is 13.5. The number of benzene rings is 1. The van der Waals surface area contributed by atoms with E-state index in [-0.39, 0.29) is 35.2 Å². The molecule has 0 bridgehead atoms. The molecule has 0 unspecified atom stereocenters. The van der Waals surface area contributed by atoms with Gasteiger partial charge < -0.3 is 4.74 Å². The number of Topliss-reactive ketones (excluding diaryl/α,β-unsaturated/α-hetero) is 1. The maximum atomic E-state index is 12.5. The van der Waals surface area contributed by atoms with Crippen molar-refractivity contribution < 1.29 is 31.4 Å². The zero-order chi connectivity index (χ0) is 16.8. The van der Waals surface area contributed by atoms with Crippen LogP contribution >= 0.6 is 0 Å². The van der Waals surface area contributed by atoms with Crippen molar-refractivity contribution in [3.8, 4) is 0 Å². The summed E-state index contributed by atoms with van der Waals surface area (Å²) in [4.78, 5) is 24.0. The Labute approximate surface area is 158 Å². The van der Waals surface area contributed by atoms with E-state index in [0.29, 0.717) is 5.56 Å². The number of hydrogen-bond donors (Lipinski definition) is 0. The second kappa shape index (κ2) is 9.36. The molecule has 1 heterocycles. The summed E-state index contributed by atoms with van der Waals surface area (Å²) in [5.41, 5.74) is 1.52. The maximum Gasteiger partial charge on any atom is 0.307 e. The molecule has 0 N–H and O–H groups in total. The van der Waals surface area contributed by atoms with Crippen molar-refractivity contribution in [3.63, 3.8) is 0 Å². The third-order valence-electron chi connectivity index (χ3n) is 3.98. The first-order chi connectivity index (χ1) is 11.8. The minimum absolute atomic E-state index is 0. The summed E-state index contributed by atoms with van der Waals surface area (Å²) in [6, 6.07) is 9.05. The van der Waals surface area contributed by atoms with Gasteiger partial charge in [0.2, 0.25) is 0 Å². The number of ether oxygens (including phenoxy) is 1. The van der Waals surface area contributed by atoms with Crippen molar-refractivity contribution in [2.24, 2.45) is 5.92 Å². The number of cyclic esters (lactones) is 1. The molecule has 4 rings (SSSR count). The van der Waals surface area contributed by atoms with Gasteiger partial charge in [0.25, 0.3) is 0 Å². The molecule has 3 nitrogen and oxygen atoms in total. The fourth-order valence-electron chi connectivity index (χ4n) is 2.80. The molecule has 1 aromatic rings. The van der Waals surface area contributed by atoms with Crippen molar-refractivity contribution in [2.45, 2.75) is 12.5 Å². The molecule has 2 aliphatic carbocycles. The number of allylic oxidation sites excluding steroid dienone is 6. The molecule has 0 aromatic heterocycles. The second-order valence-electron chi connectivity index (χ2n) is 5.63. The van der Waals surface area contributed by atoms with E-state index in [0.717, 1.165) is 5.57 Å². The minimum Gasteiger partial charge on any atom is -0.457 e. The van der Waals surface area contributed by atoms with E-state index in [1.165, 1.54) is 0 Å². The van der Waals surface area contributed by atoms with Gasteiger partial charge in [-0.05, 0) is 5.57 Å². The summed E-state index contributed by atoms with van der Waals surface area (Å²) in [6.45, 7) is 0. The van der Waals surface area contributed by atoms with Crippen LogP contribution in [0.15, 0.2) is 78.4 Å². The van der Waals surface area contributed by atoms with Crippen LogP contribution in [0, 0.1) is 18.8 Å². The first-order valence-electron chi connectivity index (χ1n) is 7.93. The van der Waals surface area contributed by atoms with Crippen molar-refractivity contribution in [1.29, 1.82) is 0 Å². The first-order valence-corrected chi connectivity index (χ1v) is 7.93. The number of carbonyl (C=O) groups is 2. The maximum absolute atomic E-state index is 12.5. The smallest absolute Gasteiger partial charge is 0.307 e. The Morgan fingerprint density at radius 3 is 2.24 bits per heavy atom. The Morgan fingerprint density at radius 1 is 0.960 bits per heavy atom. The van der Waals surface area contributed by atoms with Gasteiger partial charge in [-0.1, -0.05) is 72.9 Å². The van der Waals surface area contributed by atoms with Gasteiger partial charge in [0, 0.05) is 35.5 Å². The quantitative estimate of drug-likeness (QED) is 0.459. The van der Waals surface area contributed by atoms with Crippen LogP contribution in [-0.2, 0) is 26.6 Å². The average molecular weight is 374 g/mol. The standard InChI is InChI=1S/C16H13O3.C5H5.Fe/c17-14-10-13(15(18)11-6-2-1-3-7-11)16(19-14)12-8-4-5-9-12;1-2-4-5-3-1;/h1-9,13,16H,10H2;1-5H;/t13-,16-;;/m0../s1. The Bertz CT molecular complexity index is 719. The summed E-state index contributed by atoms with van der Waals surface area (Å²) in [5.74, 6) is -0.754. The molecular weight excluding hydrogens is 356 g/mol. The topological polar surface area (TPSA) is 43.4 Å². The fourth-order valence-corrected chi connectivity index (χ4v) is 2.80. The SMILES string of the molecule is O=C1C[C@@H](C(=O)c2ccccc2)[C@H](C2=C[CH]C=C2)O1.[CH]1C=CC=C1.[Fe]. The summed E-state index contributed by atoms with van der Waals surface area (Å²) in [7, 11) is 0. The molecule has 3 aliphatic rings. The zero-order valence-corrected chi connectivity index (χ0v) is 14.6. The fraction of sp³-hybridized carbons (Fsp3) is 0.143. The molecule has 2 radical (unpaired) electrons. The van der Waals surface area contributed by atoms with Gasteiger partial charge in [-0.3, -0.25) is 9.59 Å². The summed E-state index contributed by atoms with van der Waals surface area (Å²) in [5, 5.41) is 0. The largest absolute Gasteiger partial charge is 0.457 e. The molecular formula is C21H18FeO3. The number of carbonyl (C=O) groups excluding carboxylic acids is 2. The molecule has 128 valence electrons. The van der Waals surface area contributed by atoms with Gasteiger partial charge in [0.05, 0.1) is 12.3 Å². The van der Waals surface area contributed by atoms with Crippen molar-refractivity contribution in [3.05, 3.63) is 96.8 Å². The van der Waals surface area contributed by atoms with Crippen LogP contribution in [-0.4, -0.2) is 17.9 Å². The van der Waals surface area contributed by atoms with Crippen LogP contribution in [0.25, 0.3) is 0 Å². The molecule has 1 fully saturated rings. The van der Waals surface area contributed by atoms with E-state index in [4.69, 9.17) is 4.74 Å². The van der Waals surface area contributed by atoms with E-state index in [2.05, 4.69) is 0 Å². The van der Waals surface area contributed by atoms with Gasteiger partial charge in [0.15, 0.2) is 5.78 Å². The molecule has 0 amide bonds. The predicted molar refractivity (Wildman–Crippen MR) is 92.9 cm³/mol. The molecule has 0 spiro atoms. The summed E-state index contributed by atoms with van der Waals surface area (Å²) < 4.78 is 5.30. The average Bonchev–Trinajstić information content (AvgIpc) is 3.37. The second-order valence-corrected chi connectivity index (χ2v) is 5.63. The summed E-state index contributed by atoms with van der Waals surface area (Å²) >= 11 is 0. The van der Waals surface area contributed by atoms with E-state index >= 15 is 0 Å². The monoisotopic (exact) mass is 374 g/mol. The first kappa shape index (κ1) is 19.2. The molecule has 1 aromatic carbocycles. The molecule has 25 heavy (non-hydrogen) atoms. The third-order valence-corrected chi connectivity index (χ3v) is 3.98. The predicted octanol–water partition coefficient (Wildman–Crippen LogP) is 3.82. The third kappa shape index (κ3) is 4.91. The van der Waals surface area contributed by atoms with Gasteiger partial charge in [-0.15, -0.1) is 0 Å². The number of rotatable bonds is 3. The number of esters is 1. The number of ketones is 1. The van der Waals surface area contributed by atoms with Crippen LogP contribution in [0.4, 0.5) is 0 Å². The Hall–Kier alpha value is -2.16. The van der Waals surface area contributed by atoms with Crippen molar-refractivity contribution in [2.75, 3.05) is 0 Å². The van der Waals surface area contributed by atoms with Crippen LogP contribution in [0.5, 0.6) is 0 Å². The molecule has 4 heteroatoms. The van der Waals surface area contributed by atoms with Gasteiger partial charge in [-0.25, -0.2) is 0 Å². The molecule has 1 aliphatic heterocycles. The van der Waals surface area contributed by atoms with Gasteiger partial charge in [-0.2, -0.15) is 0 Å². The van der Waals surface area contributed by atoms with Crippen LogP contribution in [0.1, 0.15) is 16.8 Å². The molecule has 2 atom stereocenters. The molecule has 1 saturated heterocycles. The van der Waals surface area contributed by atoms with Crippen molar-refractivity contribution in [1.82, 2.24) is 0 Å². The van der Waals surface area contributed by atoms with Gasteiger partial charge >= 0.3 is 5.97 Å². The summed E-state index contributed by atoms with van der Waals surface area (Å²) in [6.07, 6.45) is 17.2. The number of hydrogen-bond acceptors (Lipinski definition) is 3. The van der Waals surface area contributed by atoms with E-state index < -0.39 is 12.0 Å². The van der Waals surface area contributed by atoms with E-state index in [9.17, 15) is 9.59 Å². The van der Waals surface area contributed by atoms with Gasteiger partial charge in [0.1, 0.15) is 6.10 Å².